The number of esters is 1. The van der Waals surface area contributed by atoms with Gasteiger partial charge in [0.2, 0.25) is 0 Å². The van der Waals surface area contributed by atoms with Crippen LogP contribution in [0.3, 0.4) is 0 Å². The number of rotatable bonds is 6. The standard InChI is InChI=1S/C12H21N3O3/c1-5-9-10(13)11(15(4)14-9)12(16)18-7-6-17-8(2)3/h8H,5-7,13H2,1-4H3. The number of ether oxygens (including phenoxy) is 2. The highest BCUT2D eigenvalue weighted by atomic mass is 16.6. The van der Waals surface area contributed by atoms with Crippen molar-refractivity contribution in [3.63, 3.8) is 0 Å². The summed E-state index contributed by atoms with van der Waals surface area (Å²) in [5, 5.41) is 4.17. The molecule has 0 unspecified atom stereocenters. The molecule has 6 nitrogen and oxygen atoms in total. The van der Waals surface area contributed by atoms with Crippen LogP contribution in [0.1, 0.15) is 37.0 Å². The number of nitrogens with two attached hydrogens (primary N) is 1. The fraction of sp³-hybridized carbons (Fsp3) is 0.667. The van der Waals surface area contributed by atoms with Crippen LogP contribution in [0.4, 0.5) is 5.69 Å². The van der Waals surface area contributed by atoms with Crippen molar-refractivity contribution >= 4 is 11.7 Å². The molecular weight excluding hydrogens is 234 g/mol. The third-order valence-electron chi connectivity index (χ3n) is 2.46. The molecular formula is C12H21N3O3. The quantitative estimate of drug-likeness (QED) is 0.609. The Balaban J connectivity index is 2.59. The maximum absolute atomic E-state index is 11.8. The van der Waals surface area contributed by atoms with Crippen molar-refractivity contribution in [3.05, 3.63) is 11.4 Å². The minimum Gasteiger partial charge on any atom is -0.458 e. The average Bonchev–Trinajstić information content (AvgIpc) is 2.59. The third kappa shape index (κ3) is 3.46. The van der Waals surface area contributed by atoms with Crippen LogP contribution in [-0.4, -0.2) is 35.1 Å². The van der Waals surface area contributed by atoms with Gasteiger partial charge in [-0.3, -0.25) is 4.68 Å². The summed E-state index contributed by atoms with van der Waals surface area (Å²) in [6, 6.07) is 0. The molecule has 0 spiro atoms. The van der Waals surface area contributed by atoms with E-state index in [1.165, 1.54) is 4.68 Å². The number of nitrogens with zero attached hydrogens (tertiary/aromatic N) is 2. The fourth-order valence-corrected chi connectivity index (χ4v) is 1.59. The summed E-state index contributed by atoms with van der Waals surface area (Å²) in [7, 11) is 1.68. The number of hydrogen-bond acceptors (Lipinski definition) is 5. The van der Waals surface area contributed by atoms with Crippen LogP contribution in [0.5, 0.6) is 0 Å². The highest BCUT2D eigenvalue weighted by molar-refractivity contribution is 5.93. The summed E-state index contributed by atoms with van der Waals surface area (Å²) in [6.07, 6.45) is 0.806. The number of carbonyl (C=O) groups excluding carboxylic acids is 1. The van der Waals surface area contributed by atoms with Crippen LogP contribution < -0.4 is 5.73 Å². The van der Waals surface area contributed by atoms with E-state index in [4.69, 9.17) is 15.2 Å². The van der Waals surface area contributed by atoms with Gasteiger partial charge >= 0.3 is 5.97 Å². The van der Waals surface area contributed by atoms with Crippen molar-refractivity contribution < 1.29 is 14.3 Å². The van der Waals surface area contributed by atoms with Crippen molar-refractivity contribution in [1.29, 1.82) is 0 Å². The SMILES string of the molecule is CCc1nn(C)c(C(=O)OCCOC(C)C)c1N. The average molecular weight is 255 g/mol. The Labute approximate surface area is 107 Å². The molecule has 0 aliphatic rings. The molecule has 2 N–H and O–H groups in total. The molecule has 18 heavy (non-hydrogen) atoms. The van der Waals surface area contributed by atoms with Crippen molar-refractivity contribution in [2.45, 2.75) is 33.3 Å². The lowest BCUT2D eigenvalue weighted by Gasteiger charge is -2.08. The van der Waals surface area contributed by atoms with E-state index in [1.807, 2.05) is 20.8 Å². The largest absolute Gasteiger partial charge is 0.458 e. The van der Waals surface area contributed by atoms with Crippen LogP contribution in [0.2, 0.25) is 0 Å². The van der Waals surface area contributed by atoms with E-state index in [0.717, 1.165) is 0 Å². The van der Waals surface area contributed by atoms with Crippen LogP contribution in [0, 0.1) is 0 Å². The summed E-state index contributed by atoms with van der Waals surface area (Å²) in [5.41, 5.74) is 7.26. The van der Waals surface area contributed by atoms with Crippen molar-refractivity contribution in [2.24, 2.45) is 7.05 Å². The summed E-state index contributed by atoms with van der Waals surface area (Å²) in [6.45, 7) is 6.37. The van der Waals surface area contributed by atoms with Gasteiger partial charge in [0, 0.05) is 7.05 Å². The molecule has 0 saturated carbocycles. The molecule has 102 valence electrons. The van der Waals surface area contributed by atoms with Gasteiger partial charge in [-0.2, -0.15) is 5.10 Å². The van der Waals surface area contributed by atoms with Gasteiger partial charge in [-0.1, -0.05) is 6.92 Å². The molecule has 0 radical (unpaired) electrons. The second-order valence-corrected chi connectivity index (χ2v) is 4.24. The lowest BCUT2D eigenvalue weighted by molar-refractivity contribution is 0.0170. The highest BCUT2D eigenvalue weighted by Crippen LogP contribution is 2.17. The zero-order chi connectivity index (χ0) is 13.7. The molecule has 0 atom stereocenters. The second-order valence-electron chi connectivity index (χ2n) is 4.24. The Hall–Kier alpha value is -1.56. The lowest BCUT2D eigenvalue weighted by atomic mass is 10.2. The summed E-state index contributed by atoms with van der Waals surface area (Å²) in [5.74, 6) is -0.463. The first-order valence-corrected chi connectivity index (χ1v) is 6.07. The van der Waals surface area contributed by atoms with E-state index in [1.54, 1.807) is 7.05 Å². The smallest absolute Gasteiger partial charge is 0.358 e. The molecule has 1 aromatic rings. The first-order chi connectivity index (χ1) is 8.47. The Morgan fingerprint density at radius 1 is 1.44 bits per heavy atom. The summed E-state index contributed by atoms with van der Waals surface area (Å²) < 4.78 is 11.8. The van der Waals surface area contributed by atoms with Crippen LogP contribution in [-0.2, 0) is 22.9 Å². The minimum atomic E-state index is -0.463. The van der Waals surface area contributed by atoms with Crippen molar-refractivity contribution in [3.8, 4) is 0 Å². The zero-order valence-electron chi connectivity index (χ0n) is 11.4. The number of carbonyl (C=O) groups is 1. The Bertz CT molecular complexity index is 413. The molecule has 0 saturated heterocycles. The number of aryl methyl sites for hydroxylation is 2. The van der Waals surface area contributed by atoms with E-state index >= 15 is 0 Å². The van der Waals surface area contributed by atoms with Gasteiger partial charge in [-0.25, -0.2) is 4.79 Å². The molecule has 0 fully saturated rings. The maximum Gasteiger partial charge on any atom is 0.358 e. The van der Waals surface area contributed by atoms with Gasteiger partial charge in [0.15, 0.2) is 5.69 Å². The van der Waals surface area contributed by atoms with Gasteiger partial charge in [0.1, 0.15) is 6.61 Å². The van der Waals surface area contributed by atoms with E-state index in [2.05, 4.69) is 5.10 Å². The minimum absolute atomic E-state index is 0.122. The number of hydrogen-bond donors (Lipinski definition) is 1. The van der Waals surface area contributed by atoms with E-state index in [9.17, 15) is 4.79 Å². The molecule has 0 amide bonds. The topological polar surface area (TPSA) is 79.4 Å². The normalized spacial score (nSPS) is 10.9. The molecule has 1 rings (SSSR count). The molecule has 0 aromatic carbocycles. The number of anilines is 1. The first kappa shape index (κ1) is 14.5. The second kappa shape index (κ2) is 6.39. The predicted molar refractivity (Wildman–Crippen MR) is 68.4 cm³/mol. The van der Waals surface area contributed by atoms with Gasteiger partial charge in [-0.15, -0.1) is 0 Å². The van der Waals surface area contributed by atoms with Crippen molar-refractivity contribution in [1.82, 2.24) is 9.78 Å². The first-order valence-electron chi connectivity index (χ1n) is 6.07. The molecule has 1 aromatic heterocycles. The molecule has 0 aliphatic heterocycles. The highest BCUT2D eigenvalue weighted by Gasteiger charge is 2.20. The van der Waals surface area contributed by atoms with Gasteiger partial charge in [0.25, 0.3) is 0 Å². The number of nitrogen functional groups attached to an aromatic ring is 1. The molecule has 0 aliphatic carbocycles. The molecule has 6 heteroatoms. The molecule has 1 heterocycles. The van der Waals surface area contributed by atoms with Crippen LogP contribution in [0.15, 0.2) is 0 Å². The van der Waals surface area contributed by atoms with Gasteiger partial charge in [-0.05, 0) is 20.3 Å². The van der Waals surface area contributed by atoms with E-state index < -0.39 is 5.97 Å². The number of aromatic nitrogens is 2. The molecule has 0 bridgehead atoms. The fourth-order valence-electron chi connectivity index (χ4n) is 1.59. The predicted octanol–water partition coefficient (Wildman–Crippen LogP) is 1.15. The van der Waals surface area contributed by atoms with Crippen molar-refractivity contribution in [2.75, 3.05) is 18.9 Å². The Kier molecular flexibility index (Phi) is 5.15. The maximum atomic E-state index is 11.8. The van der Waals surface area contributed by atoms with Gasteiger partial charge < -0.3 is 15.2 Å². The lowest BCUT2D eigenvalue weighted by Crippen LogP contribution is -2.17. The zero-order valence-corrected chi connectivity index (χ0v) is 11.4. The van der Waals surface area contributed by atoms with E-state index in [-0.39, 0.29) is 12.7 Å². The summed E-state index contributed by atoms with van der Waals surface area (Å²) in [4.78, 5) is 11.8. The van der Waals surface area contributed by atoms with Gasteiger partial charge in [0.05, 0.1) is 24.1 Å². The van der Waals surface area contributed by atoms with Crippen LogP contribution in [0.25, 0.3) is 0 Å². The Morgan fingerprint density at radius 2 is 2.11 bits per heavy atom. The van der Waals surface area contributed by atoms with E-state index in [0.29, 0.717) is 30.1 Å². The van der Waals surface area contributed by atoms with Crippen LogP contribution >= 0.6 is 0 Å². The Morgan fingerprint density at radius 3 is 2.61 bits per heavy atom. The monoisotopic (exact) mass is 255 g/mol. The third-order valence-corrected chi connectivity index (χ3v) is 2.46. The summed E-state index contributed by atoms with van der Waals surface area (Å²) >= 11 is 0.